The smallest absolute Gasteiger partial charge is 0.172 e. The molecule has 0 saturated heterocycles. The molecule has 1 unspecified atom stereocenters. The van der Waals surface area contributed by atoms with Crippen molar-refractivity contribution in [2.75, 3.05) is 25.2 Å². The molecule has 16 heavy (non-hydrogen) atoms. The molecule has 90 valence electrons. The van der Waals surface area contributed by atoms with Crippen LogP contribution in [0.3, 0.4) is 0 Å². The van der Waals surface area contributed by atoms with E-state index in [0.29, 0.717) is 13.2 Å². The van der Waals surface area contributed by atoms with E-state index in [9.17, 15) is 0 Å². The summed E-state index contributed by atoms with van der Waals surface area (Å²) in [6.07, 6.45) is 2.27. The van der Waals surface area contributed by atoms with Crippen molar-refractivity contribution in [3.63, 3.8) is 0 Å². The van der Waals surface area contributed by atoms with Gasteiger partial charge < -0.3 is 14.2 Å². The van der Waals surface area contributed by atoms with E-state index in [0.717, 1.165) is 36.3 Å². The van der Waals surface area contributed by atoms with E-state index in [1.807, 2.05) is 10.8 Å². The normalized spacial score (nSPS) is 18.7. The molecule has 1 aromatic rings. The second-order valence-electron chi connectivity index (χ2n) is 3.62. The fraction of sp³-hybridized carbons (Fsp3) is 0.636. The molecule has 0 amide bonds. The molecule has 0 spiro atoms. The van der Waals surface area contributed by atoms with E-state index in [1.165, 1.54) is 0 Å². The zero-order valence-electron chi connectivity index (χ0n) is 8.99. The summed E-state index contributed by atoms with van der Waals surface area (Å²) in [7, 11) is 0. The largest absolute Gasteiger partial charge is 0.485 e. The van der Waals surface area contributed by atoms with Gasteiger partial charge in [-0.1, -0.05) is 15.9 Å². The van der Waals surface area contributed by atoms with Crippen molar-refractivity contribution in [1.82, 2.24) is 0 Å². The Morgan fingerprint density at radius 2 is 2.25 bits per heavy atom. The maximum Gasteiger partial charge on any atom is 0.172 e. The average Bonchev–Trinajstić information content (AvgIpc) is 2.76. The monoisotopic (exact) mass is 306 g/mol. The zero-order valence-corrected chi connectivity index (χ0v) is 11.4. The van der Waals surface area contributed by atoms with Gasteiger partial charge in [0.05, 0.1) is 6.61 Å². The van der Waals surface area contributed by atoms with Crippen molar-refractivity contribution in [1.29, 1.82) is 0 Å². The van der Waals surface area contributed by atoms with Gasteiger partial charge >= 0.3 is 0 Å². The number of ether oxygens (including phenoxy) is 3. The van der Waals surface area contributed by atoms with Crippen LogP contribution in [0.25, 0.3) is 0 Å². The minimum absolute atomic E-state index is 0.0334. The van der Waals surface area contributed by atoms with Crippen molar-refractivity contribution < 1.29 is 14.2 Å². The lowest BCUT2D eigenvalue weighted by Crippen LogP contribution is -2.33. The van der Waals surface area contributed by atoms with Gasteiger partial charge in [0, 0.05) is 22.7 Å². The van der Waals surface area contributed by atoms with E-state index in [1.54, 1.807) is 11.3 Å². The number of hydrogen-bond donors (Lipinski definition) is 0. The van der Waals surface area contributed by atoms with Crippen molar-refractivity contribution in [2.45, 2.75) is 18.9 Å². The molecule has 1 aliphatic rings. The highest BCUT2D eigenvalue weighted by atomic mass is 79.9. The zero-order chi connectivity index (χ0) is 11.2. The maximum atomic E-state index is 5.73. The number of alkyl halides is 1. The van der Waals surface area contributed by atoms with E-state index in [-0.39, 0.29) is 6.10 Å². The minimum atomic E-state index is 0.0334. The number of halogens is 1. The van der Waals surface area contributed by atoms with E-state index in [4.69, 9.17) is 14.2 Å². The van der Waals surface area contributed by atoms with Gasteiger partial charge in [-0.3, -0.25) is 0 Å². The van der Waals surface area contributed by atoms with Gasteiger partial charge in [0.25, 0.3) is 0 Å². The minimum Gasteiger partial charge on any atom is -0.485 e. The van der Waals surface area contributed by atoms with Crippen LogP contribution in [0.2, 0.25) is 0 Å². The van der Waals surface area contributed by atoms with Crippen LogP contribution in [0.5, 0.6) is 11.5 Å². The summed E-state index contributed by atoms with van der Waals surface area (Å²) < 4.78 is 16.8. The van der Waals surface area contributed by atoms with Gasteiger partial charge in [-0.25, -0.2) is 0 Å². The van der Waals surface area contributed by atoms with E-state index >= 15 is 0 Å². The van der Waals surface area contributed by atoms with Crippen LogP contribution in [0.4, 0.5) is 0 Å². The molecule has 1 atom stereocenters. The Morgan fingerprint density at radius 3 is 3.12 bits per heavy atom. The van der Waals surface area contributed by atoms with Gasteiger partial charge in [-0.05, 0) is 12.8 Å². The van der Waals surface area contributed by atoms with Crippen LogP contribution in [-0.2, 0) is 4.74 Å². The molecule has 0 N–H and O–H groups in total. The molecular formula is C11H15BrO3S. The van der Waals surface area contributed by atoms with Gasteiger partial charge in [0.1, 0.15) is 6.61 Å². The first-order valence-electron chi connectivity index (χ1n) is 5.39. The summed E-state index contributed by atoms with van der Waals surface area (Å²) in [5, 5.41) is 4.96. The van der Waals surface area contributed by atoms with Crippen molar-refractivity contribution in [3.05, 3.63) is 10.8 Å². The molecule has 0 aliphatic carbocycles. The summed E-state index contributed by atoms with van der Waals surface area (Å²) in [4.78, 5) is 0. The summed E-state index contributed by atoms with van der Waals surface area (Å²) in [5.41, 5.74) is 0. The van der Waals surface area contributed by atoms with Crippen LogP contribution in [-0.4, -0.2) is 31.3 Å². The van der Waals surface area contributed by atoms with Gasteiger partial charge in [0.15, 0.2) is 17.6 Å². The molecule has 1 aromatic heterocycles. The summed E-state index contributed by atoms with van der Waals surface area (Å²) >= 11 is 4.99. The Balaban J connectivity index is 1.65. The molecular weight excluding hydrogens is 292 g/mol. The molecule has 1 aliphatic heterocycles. The standard InChI is InChI=1S/C11H15BrO3S/c12-3-1-2-4-13-5-9-6-14-10-7-16-8-11(10)15-9/h7-9H,1-6H2. The molecule has 0 radical (unpaired) electrons. The molecule has 0 aromatic carbocycles. The number of rotatable bonds is 6. The average molecular weight is 307 g/mol. The van der Waals surface area contributed by atoms with E-state index in [2.05, 4.69) is 15.9 Å². The van der Waals surface area contributed by atoms with Crippen molar-refractivity contribution in [2.24, 2.45) is 0 Å². The maximum absolute atomic E-state index is 5.73. The van der Waals surface area contributed by atoms with Gasteiger partial charge in [-0.2, -0.15) is 0 Å². The Kier molecular flexibility index (Phi) is 4.93. The highest BCUT2D eigenvalue weighted by molar-refractivity contribution is 9.09. The van der Waals surface area contributed by atoms with Crippen LogP contribution < -0.4 is 9.47 Å². The van der Waals surface area contributed by atoms with Crippen LogP contribution >= 0.6 is 27.3 Å². The summed E-state index contributed by atoms with van der Waals surface area (Å²) in [5.74, 6) is 1.71. The molecule has 0 bridgehead atoms. The third-order valence-electron chi connectivity index (χ3n) is 2.29. The lowest BCUT2D eigenvalue weighted by Gasteiger charge is -2.24. The fourth-order valence-electron chi connectivity index (χ4n) is 1.46. The predicted octanol–water partition coefficient (Wildman–Crippen LogP) is 3.08. The number of hydrogen-bond acceptors (Lipinski definition) is 4. The first-order chi connectivity index (χ1) is 7.90. The number of fused-ring (bicyclic) bond motifs is 1. The topological polar surface area (TPSA) is 27.7 Å². The Hall–Kier alpha value is -0.260. The third kappa shape index (κ3) is 3.37. The van der Waals surface area contributed by atoms with Crippen molar-refractivity contribution >= 4 is 27.3 Å². The molecule has 5 heteroatoms. The van der Waals surface area contributed by atoms with Crippen LogP contribution in [0.15, 0.2) is 10.8 Å². The molecule has 2 rings (SSSR count). The Labute approximate surface area is 108 Å². The third-order valence-corrected chi connectivity index (χ3v) is 3.55. The summed E-state index contributed by atoms with van der Waals surface area (Å²) in [6.45, 7) is 1.99. The van der Waals surface area contributed by atoms with E-state index < -0.39 is 0 Å². The molecule has 0 fully saturated rings. The predicted molar refractivity (Wildman–Crippen MR) is 68.1 cm³/mol. The Morgan fingerprint density at radius 1 is 1.38 bits per heavy atom. The molecule has 0 saturated carbocycles. The first kappa shape index (κ1) is 12.2. The molecule has 3 nitrogen and oxygen atoms in total. The van der Waals surface area contributed by atoms with Crippen LogP contribution in [0, 0.1) is 0 Å². The van der Waals surface area contributed by atoms with Crippen LogP contribution in [0.1, 0.15) is 12.8 Å². The van der Waals surface area contributed by atoms with Gasteiger partial charge in [-0.15, -0.1) is 11.3 Å². The van der Waals surface area contributed by atoms with Gasteiger partial charge in [0.2, 0.25) is 0 Å². The highest BCUT2D eigenvalue weighted by Gasteiger charge is 2.21. The SMILES string of the molecule is BrCCCCOCC1COc2cscc2O1. The number of unbranched alkanes of at least 4 members (excludes halogenated alkanes) is 1. The summed E-state index contributed by atoms with van der Waals surface area (Å²) in [6, 6.07) is 0. The second kappa shape index (κ2) is 6.47. The lowest BCUT2D eigenvalue weighted by molar-refractivity contribution is 0.00880. The fourth-order valence-corrected chi connectivity index (χ4v) is 2.52. The number of thiophene rings is 1. The first-order valence-corrected chi connectivity index (χ1v) is 7.46. The second-order valence-corrected chi connectivity index (χ2v) is 5.16. The lowest BCUT2D eigenvalue weighted by atomic mass is 10.3. The quantitative estimate of drug-likeness (QED) is 0.597. The Bertz CT molecular complexity index is 316. The molecule has 2 heterocycles. The highest BCUT2D eigenvalue weighted by Crippen LogP contribution is 2.35. The van der Waals surface area contributed by atoms with Crippen molar-refractivity contribution in [3.8, 4) is 11.5 Å².